The fourth-order valence-electron chi connectivity index (χ4n) is 1.49. The summed E-state index contributed by atoms with van der Waals surface area (Å²) in [5.74, 6) is -0.913. The summed E-state index contributed by atoms with van der Waals surface area (Å²) in [4.78, 5) is 15.0. The van der Waals surface area contributed by atoms with Crippen molar-refractivity contribution in [3.05, 3.63) is 28.2 Å². The zero-order chi connectivity index (χ0) is 14.1. The van der Waals surface area contributed by atoms with Crippen LogP contribution in [0.15, 0.2) is 26.9 Å². The maximum absolute atomic E-state index is 10.6. The Kier molecular flexibility index (Phi) is 3.88. The van der Waals surface area contributed by atoms with Crippen LogP contribution in [0.4, 0.5) is 0 Å². The van der Waals surface area contributed by atoms with Gasteiger partial charge in [-0.25, -0.2) is 4.98 Å². The number of aliphatic carboxylic acids is 1. The van der Waals surface area contributed by atoms with Crippen molar-refractivity contribution in [2.75, 3.05) is 0 Å². The predicted octanol–water partition coefficient (Wildman–Crippen LogP) is 3.58. The zero-order valence-electron chi connectivity index (χ0n) is 9.74. The Hall–Kier alpha value is -1.22. The molecule has 0 unspecified atom stereocenters. The molecule has 1 N–H and O–H groups in total. The van der Waals surface area contributed by atoms with E-state index in [0.29, 0.717) is 14.4 Å². The van der Waals surface area contributed by atoms with Crippen molar-refractivity contribution in [1.29, 1.82) is 0 Å². The molecule has 0 spiro atoms. The van der Waals surface area contributed by atoms with Crippen LogP contribution in [-0.4, -0.2) is 26.3 Å². The summed E-state index contributed by atoms with van der Waals surface area (Å²) < 4.78 is 2.50. The molecular formula is C11H6ClN3O2S3. The third-order valence-corrected chi connectivity index (χ3v) is 5.64. The maximum Gasteiger partial charge on any atom is 0.310 e. The average molecular weight is 344 g/mol. The predicted molar refractivity (Wildman–Crippen MR) is 80.0 cm³/mol. The third-order valence-electron chi connectivity index (χ3n) is 2.28. The molecule has 0 saturated heterocycles. The fraction of sp³-hybridized carbons (Fsp3) is 0.0909. The molecule has 3 aromatic rings. The Balaban J connectivity index is 1.84. The van der Waals surface area contributed by atoms with Crippen molar-refractivity contribution in [2.45, 2.75) is 15.1 Å². The largest absolute Gasteiger partial charge is 0.481 e. The van der Waals surface area contributed by atoms with E-state index in [9.17, 15) is 4.79 Å². The van der Waals surface area contributed by atoms with Crippen molar-refractivity contribution in [3.63, 3.8) is 0 Å². The van der Waals surface area contributed by atoms with Crippen LogP contribution in [0.25, 0.3) is 10.2 Å². The zero-order valence-corrected chi connectivity index (χ0v) is 12.9. The second kappa shape index (κ2) is 5.65. The minimum atomic E-state index is -0.913. The summed E-state index contributed by atoms with van der Waals surface area (Å²) in [6, 6.07) is 5.64. The molecule has 0 aliphatic rings. The lowest BCUT2D eigenvalue weighted by Crippen LogP contribution is -1.98. The molecule has 0 atom stereocenters. The fourth-order valence-corrected chi connectivity index (χ4v) is 4.94. The summed E-state index contributed by atoms with van der Waals surface area (Å²) in [6.45, 7) is 0. The number of benzene rings is 1. The first-order chi connectivity index (χ1) is 9.61. The number of hydrogen-bond acceptors (Lipinski definition) is 7. The van der Waals surface area contributed by atoms with Crippen molar-refractivity contribution in [1.82, 2.24) is 15.2 Å². The summed E-state index contributed by atoms with van der Waals surface area (Å²) in [5, 5.41) is 17.6. The number of nitrogens with zero attached hydrogens (tertiary/aromatic N) is 3. The molecule has 0 radical (unpaired) electrons. The number of carboxylic acid groups (broad SMARTS) is 1. The van der Waals surface area contributed by atoms with Crippen LogP contribution in [-0.2, 0) is 11.2 Å². The number of thiazole rings is 1. The summed E-state index contributed by atoms with van der Waals surface area (Å²) in [7, 11) is 0. The summed E-state index contributed by atoms with van der Waals surface area (Å²) >= 11 is 10.2. The highest BCUT2D eigenvalue weighted by molar-refractivity contribution is 8.02. The molecule has 0 amide bonds. The molecule has 5 nitrogen and oxygen atoms in total. The van der Waals surface area contributed by atoms with Crippen LogP contribution < -0.4 is 0 Å². The van der Waals surface area contributed by atoms with Gasteiger partial charge in [0.25, 0.3) is 0 Å². The number of halogens is 1. The van der Waals surface area contributed by atoms with Crippen LogP contribution in [0.2, 0.25) is 5.02 Å². The molecule has 102 valence electrons. The molecule has 20 heavy (non-hydrogen) atoms. The molecule has 1 aromatic carbocycles. The topological polar surface area (TPSA) is 76.0 Å². The highest BCUT2D eigenvalue weighted by Gasteiger charge is 2.12. The lowest BCUT2D eigenvalue weighted by Gasteiger charge is -1.88. The molecule has 0 bridgehead atoms. The molecule has 2 aromatic heterocycles. The van der Waals surface area contributed by atoms with Crippen LogP contribution in [0.5, 0.6) is 0 Å². The number of carbonyl (C=O) groups is 1. The van der Waals surface area contributed by atoms with Gasteiger partial charge in [0.2, 0.25) is 0 Å². The Morgan fingerprint density at radius 2 is 2.15 bits per heavy atom. The first kappa shape index (κ1) is 13.7. The van der Waals surface area contributed by atoms with Gasteiger partial charge in [-0.05, 0) is 23.9 Å². The monoisotopic (exact) mass is 343 g/mol. The van der Waals surface area contributed by atoms with Gasteiger partial charge in [-0.1, -0.05) is 29.0 Å². The quantitative estimate of drug-likeness (QED) is 0.780. The molecule has 2 heterocycles. The van der Waals surface area contributed by atoms with Crippen LogP contribution in [0.1, 0.15) is 5.01 Å². The second-order valence-electron chi connectivity index (χ2n) is 3.70. The molecular weight excluding hydrogens is 338 g/mol. The number of hydrogen-bond donors (Lipinski definition) is 1. The van der Waals surface area contributed by atoms with Crippen LogP contribution in [0.3, 0.4) is 0 Å². The van der Waals surface area contributed by atoms with E-state index in [0.717, 1.165) is 14.6 Å². The van der Waals surface area contributed by atoms with Gasteiger partial charge >= 0.3 is 5.97 Å². The van der Waals surface area contributed by atoms with E-state index < -0.39 is 5.97 Å². The number of carboxylic acids is 1. The normalized spacial score (nSPS) is 11.1. The van der Waals surface area contributed by atoms with Gasteiger partial charge in [-0.15, -0.1) is 21.5 Å². The Morgan fingerprint density at radius 3 is 2.90 bits per heavy atom. The minimum absolute atomic E-state index is 0.107. The SMILES string of the molecule is O=C(O)Cc1nnc(Sc2nc3c(Cl)cccc3s2)s1. The second-order valence-corrected chi connectivity index (χ2v) is 7.69. The standard InChI is InChI=1S/C11H6ClN3O2S3/c12-5-2-1-3-6-9(5)13-10(18-6)20-11-15-14-7(19-11)4-8(16)17/h1-3H,4H2,(H,16,17). The van der Waals surface area contributed by atoms with Gasteiger partial charge in [0.15, 0.2) is 8.68 Å². The summed E-state index contributed by atoms with van der Waals surface area (Å²) in [6.07, 6.45) is -0.107. The molecule has 3 rings (SSSR count). The van der Waals surface area contributed by atoms with E-state index in [1.54, 1.807) is 6.07 Å². The number of rotatable bonds is 4. The van der Waals surface area contributed by atoms with Crippen LogP contribution in [0, 0.1) is 0 Å². The third kappa shape index (κ3) is 2.93. The highest BCUT2D eigenvalue weighted by Crippen LogP contribution is 2.37. The van der Waals surface area contributed by atoms with Gasteiger partial charge in [0, 0.05) is 0 Å². The van der Waals surface area contributed by atoms with Crippen molar-refractivity contribution in [2.24, 2.45) is 0 Å². The lowest BCUT2D eigenvalue weighted by atomic mass is 10.3. The Bertz CT molecular complexity index is 786. The van der Waals surface area contributed by atoms with E-state index in [1.165, 1.54) is 34.4 Å². The van der Waals surface area contributed by atoms with E-state index >= 15 is 0 Å². The van der Waals surface area contributed by atoms with Crippen LogP contribution >= 0.6 is 46.0 Å². The Morgan fingerprint density at radius 1 is 1.30 bits per heavy atom. The highest BCUT2D eigenvalue weighted by atomic mass is 35.5. The van der Waals surface area contributed by atoms with E-state index in [-0.39, 0.29) is 6.42 Å². The number of para-hydroxylation sites is 1. The van der Waals surface area contributed by atoms with Gasteiger partial charge < -0.3 is 5.11 Å². The molecule has 9 heteroatoms. The first-order valence-electron chi connectivity index (χ1n) is 5.39. The average Bonchev–Trinajstić information content (AvgIpc) is 2.96. The van der Waals surface area contributed by atoms with E-state index in [4.69, 9.17) is 16.7 Å². The molecule has 0 saturated carbocycles. The molecule has 0 fully saturated rings. The summed E-state index contributed by atoms with van der Waals surface area (Å²) in [5.41, 5.74) is 0.775. The Labute approximate surface area is 130 Å². The minimum Gasteiger partial charge on any atom is -0.481 e. The number of fused-ring (bicyclic) bond motifs is 1. The first-order valence-corrected chi connectivity index (χ1v) is 8.21. The molecule has 0 aliphatic carbocycles. The van der Waals surface area contributed by atoms with Crippen molar-refractivity contribution >= 4 is 62.2 Å². The van der Waals surface area contributed by atoms with Gasteiger partial charge in [0.1, 0.15) is 10.5 Å². The number of aromatic nitrogens is 3. The maximum atomic E-state index is 10.6. The molecule has 0 aliphatic heterocycles. The lowest BCUT2D eigenvalue weighted by molar-refractivity contribution is -0.136. The van der Waals surface area contributed by atoms with Crippen molar-refractivity contribution < 1.29 is 9.90 Å². The van der Waals surface area contributed by atoms with Crippen molar-refractivity contribution in [3.8, 4) is 0 Å². The van der Waals surface area contributed by atoms with Gasteiger partial charge in [0.05, 0.1) is 16.1 Å². The van der Waals surface area contributed by atoms with Gasteiger partial charge in [-0.2, -0.15) is 0 Å². The van der Waals surface area contributed by atoms with E-state index in [2.05, 4.69) is 15.2 Å². The van der Waals surface area contributed by atoms with Gasteiger partial charge in [-0.3, -0.25) is 4.79 Å². The smallest absolute Gasteiger partial charge is 0.310 e. The van der Waals surface area contributed by atoms with E-state index in [1.807, 2.05) is 12.1 Å².